The van der Waals surface area contributed by atoms with Gasteiger partial charge in [0.15, 0.2) is 0 Å². The van der Waals surface area contributed by atoms with E-state index in [-0.39, 0.29) is 0 Å². The van der Waals surface area contributed by atoms with Crippen LogP contribution < -0.4 is 32.3 Å². The molecule has 1 unspecified atom stereocenters. The Hall–Kier alpha value is -3.40. The quantitative estimate of drug-likeness (QED) is 0.436. The van der Waals surface area contributed by atoms with Gasteiger partial charge in [-0.3, -0.25) is 0 Å². The Morgan fingerprint density at radius 3 is 1.42 bits per heavy atom. The second kappa shape index (κ2) is 12.0. The van der Waals surface area contributed by atoms with Crippen LogP contribution in [0.1, 0.15) is 32.1 Å². The molecule has 0 aromatic heterocycles. The fourth-order valence-corrected chi connectivity index (χ4v) is 6.10. The van der Waals surface area contributed by atoms with Crippen LogP contribution in [0.2, 0.25) is 0 Å². The third kappa shape index (κ3) is 5.23. The molecule has 3 heteroatoms. The highest BCUT2D eigenvalue weighted by molar-refractivity contribution is 7.19. The summed E-state index contributed by atoms with van der Waals surface area (Å²) < 4.78 is 0. The van der Waals surface area contributed by atoms with E-state index in [1.54, 1.807) is 10.7 Å². The molecule has 2 nitrogen and oxygen atoms in total. The van der Waals surface area contributed by atoms with Gasteiger partial charge in [0.1, 0.15) is 11.8 Å². The zero-order valence-electron chi connectivity index (χ0n) is 21.2. The van der Waals surface area contributed by atoms with E-state index in [1.165, 1.54) is 67.0 Å². The molecule has 6 rings (SSSR count). The van der Waals surface area contributed by atoms with Gasteiger partial charge in [-0.1, -0.05) is 121 Å². The van der Waals surface area contributed by atoms with Crippen LogP contribution in [-0.4, -0.2) is 19.2 Å². The molecule has 1 fully saturated rings. The zero-order valence-corrected chi connectivity index (χ0v) is 21.2. The van der Waals surface area contributed by atoms with E-state index in [1.807, 2.05) is 0 Å². The standard InChI is InChI=1S/C24H20B.C9H16N2/c1-5-13-21(14-6-1)25(22-15-7-2-8-16-22,23-17-9-3-10-18-23)24-19-11-4-12-20-24;1-3-7-10-11-8-4-2-6-9(11)5-1/h1-20H;6,10H,1-5,7-8H2/q-1;/p+1. The maximum absolute atomic E-state index is 3.53. The van der Waals surface area contributed by atoms with Crippen LogP contribution in [-0.2, 0) is 0 Å². The number of nitrogens with one attached hydrogen (secondary N) is 2. The molecule has 0 aliphatic carbocycles. The second-order valence-electron chi connectivity index (χ2n) is 9.99. The number of rotatable bonds is 4. The highest BCUT2D eigenvalue weighted by atomic mass is 15.5. The predicted octanol–water partition coefficient (Wildman–Crippen LogP) is 3.30. The summed E-state index contributed by atoms with van der Waals surface area (Å²) in [6.07, 6.45) is 7.92. The van der Waals surface area contributed by atoms with E-state index >= 15 is 0 Å². The fourth-order valence-electron chi connectivity index (χ4n) is 6.10. The molecule has 1 atom stereocenters. The molecule has 0 spiro atoms. The summed E-state index contributed by atoms with van der Waals surface area (Å²) >= 11 is 0. The Morgan fingerprint density at radius 2 is 0.972 bits per heavy atom. The Bertz CT molecular complexity index is 1060. The van der Waals surface area contributed by atoms with Crippen LogP contribution in [0, 0.1) is 0 Å². The van der Waals surface area contributed by atoms with Crippen LogP contribution in [0.15, 0.2) is 133 Å². The summed E-state index contributed by atoms with van der Waals surface area (Å²) in [6.45, 7) is 2.50. The van der Waals surface area contributed by atoms with Crippen molar-refractivity contribution in [3.63, 3.8) is 0 Å². The van der Waals surface area contributed by atoms with Crippen LogP contribution in [0.4, 0.5) is 0 Å². The molecule has 0 bridgehead atoms. The van der Waals surface area contributed by atoms with Gasteiger partial charge in [0.05, 0.1) is 6.54 Å². The van der Waals surface area contributed by atoms with Gasteiger partial charge in [0, 0.05) is 19.4 Å². The average molecular weight is 472 g/mol. The van der Waals surface area contributed by atoms with Crippen LogP contribution >= 0.6 is 0 Å². The van der Waals surface area contributed by atoms with Gasteiger partial charge < -0.3 is 0 Å². The Morgan fingerprint density at radius 1 is 0.528 bits per heavy atom. The first-order chi connectivity index (χ1) is 17.9. The van der Waals surface area contributed by atoms with Crippen molar-refractivity contribution in [1.29, 1.82) is 0 Å². The lowest BCUT2D eigenvalue weighted by atomic mass is 9.13. The maximum Gasteiger partial charge on any atom is 0.122 e. The topological polar surface area (TPSA) is 16.5 Å². The lowest BCUT2D eigenvalue weighted by Gasteiger charge is -2.44. The molecule has 0 amide bonds. The van der Waals surface area contributed by atoms with Crippen molar-refractivity contribution in [3.05, 3.63) is 133 Å². The Balaban J connectivity index is 0.000000202. The van der Waals surface area contributed by atoms with E-state index in [0.717, 1.165) is 0 Å². The lowest BCUT2D eigenvalue weighted by molar-refractivity contribution is -0.910. The highest BCUT2D eigenvalue weighted by Gasteiger charge is 2.31. The SMILES string of the molecule is C1=C2CCCCN[NH+]2CCC1.c1ccc([B-](c2ccccc2)(c2ccccc2)c2ccccc2)cc1. The van der Waals surface area contributed by atoms with E-state index in [0.29, 0.717) is 0 Å². The summed E-state index contributed by atoms with van der Waals surface area (Å²) in [4.78, 5) is 0. The monoisotopic (exact) mass is 472 g/mol. The first-order valence-electron chi connectivity index (χ1n) is 13.6. The number of hydrogen-bond acceptors (Lipinski definition) is 1. The van der Waals surface area contributed by atoms with Gasteiger partial charge in [-0.25, -0.2) is 5.01 Å². The maximum atomic E-state index is 3.53. The largest absolute Gasteiger partial charge is 0.229 e. The smallest absolute Gasteiger partial charge is 0.122 e. The van der Waals surface area contributed by atoms with Crippen molar-refractivity contribution in [2.45, 2.75) is 32.1 Å². The van der Waals surface area contributed by atoms with Crippen molar-refractivity contribution < 1.29 is 5.01 Å². The minimum atomic E-state index is -1.22. The van der Waals surface area contributed by atoms with Crippen molar-refractivity contribution in [3.8, 4) is 0 Å². The summed E-state index contributed by atoms with van der Waals surface area (Å²) in [5, 5.41) is 1.55. The third-order valence-corrected chi connectivity index (χ3v) is 7.82. The molecule has 4 aromatic carbocycles. The molecule has 1 saturated heterocycles. The minimum absolute atomic E-state index is 1.20. The summed E-state index contributed by atoms with van der Waals surface area (Å²) in [6, 6.07) is 43.5. The number of hydrogen-bond donors (Lipinski definition) is 2. The highest BCUT2D eigenvalue weighted by Crippen LogP contribution is 2.10. The van der Waals surface area contributed by atoms with Crippen LogP contribution in [0.3, 0.4) is 0 Å². The number of benzene rings is 4. The zero-order chi connectivity index (χ0) is 24.5. The molecule has 2 N–H and O–H groups in total. The Labute approximate surface area is 216 Å². The molecule has 0 saturated carbocycles. The van der Waals surface area contributed by atoms with E-state index < -0.39 is 6.15 Å². The van der Waals surface area contributed by atoms with Crippen molar-refractivity contribution in [2.75, 3.05) is 13.1 Å². The first kappa shape index (κ1) is 24.3. The van der Waals surface area contributed by atoms with Gasteiger partial charge in [0.2, 0.25) is 0 Å². The molecule has 4 aromatic rings. The minimum Gasteiger partial charge on any atom is -0.229 e. The summed E-state index contributed by atoms with van der Waals surface area (Å²) in [7, 11) is 0. The number of allylic oxidation sites excluding steroid dienone is 2. The molecular weight excluding hydrogens is 435 g/mol. The molecule has 2 heterocycles. The van der Waals surface area contributed by atoms with E-state index in [4.69, 9.17) is 0 Å². The summed E-state index contributed by atoms with van der Waals surface area (Å²) in [5.74, 6) is 0. The van der Waals surface area contributed by atoms with Gasteiger partial charge in [-0.15, -0.1) is 0 Å². The third-order valence-electron chi connectivity index (χ3n) is 7.82. The molecule has 36 heavy (non-hydrogen) atoms. The van der Waals surface area contributed by atoms with Crippen LogP contribution in [0.25, 0.3) is 0 Å². The van der Waals surface area contributed by atoms with E-state index in [2.05, 4.69) is 133 Å². The summed E-state index contributed by atoms with van der Waals surface area (Å²) in [5.41, 5.74) is 10.5. The van der Waals surface area contributed by atoms with Gasteiger partial charge >= 0.3 is 0 Å². The van der Waals surface area contributed by atoms with Gasteiger partial charge in [-0.2, -0.15) is 27.3 Å². The van der Waals surface area contributed by atoms with Crippen molar-refractivity contribution in [1.82, 2.24) is 5.43 Å². The molecule has 182 valence electrons. The first-order valence-corrected chi connectivity index (χ1v) is 13.6. The number of quaternary nitrogens is 1. The number of fused-ring (bicyclic) bond motifs is 1. The molecular formula is C33H37BN2. The van der Waals surface area contributed by atoms with Crippen LogP contribution in [0.5, 0.6) is 0 Å². The molecule has 2 aliphatic heterocycles. The lowest BCUT2D eigenvalue weighted by Crippen LogP contribution is -3.17. The second-order valence-corrected chi connectivity index (χ2v) is 9.99. The van der Waals surface area contributed by atoms with Crippen molar-refractivity contribution >= 4 is 28.0 Å². The van der Waals surface area contributed by atoms with Crippen molar-refractivity contribution in [2.24, 2.45) is 0 Å². The molecule has 0 radical (unpaired) electrons. The van der Waals surface area contributed by atoms with Gasteiger partial charge in [-0.05, 0) is 25.3 Å². The van der Waals surface area contributed by atoms with E-state index in [9.17, 15) is 0 Å². The average Bonchev–Trinajstić information content (AvgIpc) is 3.22. The normalized spacial score (nSPS) is 17.6. The predicted molar refractivity (Wildman–Crippen MR) is 155 cm³/mol. The Kier molecular flexibility index (Phi) is 8.12. The molecule has 2 aliphatic rings. The fraction of sp³-hybridized carbons (Fsp3) is 0.212. The van der Waals surface area contributed by atoms with Gasteiger partial charge in [0.25, 0.3) is 0 Å².